The zero-order valence-corrected chi connectivity index (χ0v) is 17.5. The van der Waals surface area contributed by atoms with Crippen molar-refractivity contribution >= 4 is 17.9 Å². The lowest BCUT2D eigenvalue weighted by Crippen LogP contribution is -2.42. The van der Waals surface area contributed by atoms with Crippen LogP contribution in [0, 0.1) is 0 Å². The molecule has 170 valence electrons. The molecule has 32 heavy (non-hydrogen) atoms. The molecule has 0 aromatic carbocycles. The van der Waals surface area contributed by atoms with Crippen molar-refractivity contribution in [3.63, 3.8) is 0 Å². The van der Waals surface area contributed by atoms with E-state index in [1.54, 1.807) is 12.1 Å². The van der Waals surface area contributed by atoms with Crippen LogP contribution in [-0.2, 0) is 33.3 Å². The van der Waals surface area contributed by atoms with E-state index in [0.717, 1.165) is 18.4 Å². The predicted molar refractivity (Wildman–Crippen MR) is 106 cm³/mol. The normalized spacial score (nSPS) is 22.2. The van der Waals surface area contributed by atoms with Crippen LogP contribution in [0.2, 0.25) is 0 Å². The first-order valence-corrected chi connectivity index (χ1v) is 9.58. The Balaban J connectivity index is 1.99. The summed E-state index contributed by atoms with van der Waals surface area (Å²) in [5.41, 5.74) is -1.20. The largest absolute Gasteiger partial charge is 0.463 e. The molecule has 0 saturated carbocycles. The third-order valence-electron chi connectivity index (χ3n) is 4.50. The molecule has 4 atom stereocenters. The maximum absolute atomic E-state index is 12.8. The summed E-state index contributed by atoms with van der Waals surface area (Å²) >= 11 is 0. The number of carbonyl (C=O) groups is 3. The monoisotopic (exact) mass is 447 g/mol. The molecule has 1 saturated heterocycles. The number of hydrogen-bond donors (Lipinski definition) is 0. The van der Waals surface area contributed by atoms with Crippen LogP contribution in [-0.4, -0.2) is 56.9 Å². The molecule has 0 bridgehead atoms. The van der Waals surface area contributed by atoms with Crippen molar-refractivity contribution in [3.8, 4) is 5.82 Å². The minimum atomic E-state index is -1.23. The average Bonchev–Trinajstić information content (AvgIpc) is 3.02. The molecule has 3 rings (SSSR count). The van der Waals surface area contributed by atoms with E-state index in [1.165, 1.54) is 36.0 Å². The summed E-state index contributed by atoms with van der Waals surface area (Å²) in [4.78, 5) is 63.2. The number of carbonyl (C=O) groups excluding carboxylic acids is 3. The second-order valence-electron chi connectivity index (χ2n) is 6.90. The molecule has 0 aliphatic carbocycles. The number of pyridine rings is 1. The molecule has 12 nitrogen and oxygen atoms in total. The van der Waals surface area contributed by atoms with Gasteiger partial charge in [0, 0.05) is 39.2 Å². The maximum atomic E-state index is 12.8. The van der Waals surface area contributed by atoms with Crippen molar-refractivity contribution in [2.75, 3.05) is 6.61 Å². The van der Waals surface area contributed by atoms with E-state index in [-0.39, 0.29) is 18.0 Å². The van der Waals surface area contributed by atoms with Crippen molar-refractivity contribution < 1.29 is 33.3 Å². The molecule has 0 N–H and O–H groups in total. The van der Waals surface area contributed by atoms with E-state index in [4.69, 9.17) is 18.9 Å². The van der Waals surface area contributed by atoms with Gasteiger partial charge >= 0.3 is 23.6 Å². The molecule has 0 amide bonds. The Morgan fingerprint density at radius 3 is 2.25 bits per heavy atom. The molecule has 1 aliphatic heterocycles. The molecule has 1 fully saturated rings. The smallest absolute Gasteiger partial charge is 0.351 e. The van der Waals surface area contributed by atoms with Gasteiger partial charge in [0.2, 0.25) is 0 Å². The van der Waals surface area contributed by atoms with Crippen LogP contribution >= 0.6 is 0 Å². The summed E-state index contributed by atoms with van der Waals surface area (Å²) in [5, 5.41) is 0. The van der Waals surface area contributed by atoms with Gasteiger partial charge in [-0.1, -0.05) is 6.07 Å². The molecular formula is C20H21N3O9. The van der Waals surface area contributed by atoms with Gasteiger partial charge < -0.3 is 18.9 Å². The van der Waals surface area contributed by atoms with Crippen LogP contribution in [0.5, 0.6) is 0 Å². The van der Waals surface area contributed by atoms with Gasteiger partial charge in [-0.3, -0.25) is 28.3 Å². The third kappa shape index (κ3) is 5.09. The van der Waals surface area contributed by atoms with Gasteiger partial charge in [-0.25, -0.2) is 4.79 Å². The summed E-state index contributed by atoms with van der Waals surface area (Å²) in [6.07, 6.45) is -1.85. The number of rotatable bonds is 6. The Morgan fingerprint density at radius 2 is 1.66 bits per heavy atom. The van der Waals surface area contributed by atoms with Crippen LogP contribution in [0.1, 0.15) is 27.0 Å². The Kier molecular flexibility index (Phi) is 6.83. The highest BCUT2D eigenvalue weighted by Crippen LogP contribution is 2.33. The molecule has 12 heteroatoms. The van der Waals surface area contributed by atoms with Crippen molar-refractivity contribution in [2.45, 2.75) is 45.3 Å². The maximum Gasteiger partial charge on any atom is 0.351 e. The van der Waals surface area contributed by atoms with E-state index in [0.29, 0.717) is 0 Å². The molecule has 0 radical (unpaired) electrons. The van der Waals surface area contributed by atoms with Gasteiger partial charge in [-0.2, -0.15) is 4.98 Å². The minimum Gasteiger partial charge on any atom is -0.463 e. The first kappa shape index (κ1) is 22.9. The van der Waals surface area contributed by atoms with Crippen molar-refractivity contribution in [1.29, 1.82) is 0 Å². The topological polar surface area (TPSA) is 145 Å². The zero-order chi connectivity index (χ0) is 23.4. The molecule has 3 heterocycles. The van der Waals surface area contributed by atoms with Gasteiger partial charge in [0.1, 0.15) is 18.5 Å². The Bertz CT molecular complexity index is 1140. The second kappa shape index (κ2) is 9.56. The Labute approximate surface area is 181 Å². The summed E-state index contributed by atoms with van der Waals surface area (Å²) in [6.45, 7) is 3.19. The number of esters is 3. The fourth-order valence-electron chi connectivity index (χ4n) is 3.26. The fraction of sp³-hybridized carbons (Fsp3) is 0.400. The molecule has 1 aliphatic rings. The molecule has 0 unspecified atom stereocenters. The van der Waals surface area contributed by atoms with Crippen LogP contribution in [0.15, 0.2) is 46.2 Å². The lowest BCUT2D eigenvalue weighted by Gasteiger charge is -2.23. The highest BCUT2D eigenvalue weighted by Gasteiger charge is 2.50. The summed E-state index contributed by atoms with van der Waals surface area (Å²) in [7, 11) is 0. The summed E-state index contributed by atoms with van der Waals surface area (Å²) in [6, 6.07) is 5.87. The highest BCUT2D eigenvalue weighted by molar-refractivity contribution is 5.68. The highest BCUT2D eigenvalue weighted by atomic mass is 16.7. The second-order valence-corrected chi connectivity index (χ2v) is 6.90. The number of hydrogen-bond acceptors (Lipinski definition) is 10. The van der Waals surface area contributed by atoms with Gasteiger partial charge in [-0.15, -0.1) is 0 Å². The first-order valence-electron chi connectivity index (χ1n) is 9.58. The quantitative estimate of drug-likeness (QED) is 0.428. The number of ether oxygens (including phenoxy) is 4. The van der Waals surface area contributed by atoms with Gasteiger partial charge in [0.25, 0.3) is 5.56 Å². The molecule has 0 spiro atoms. The number of nitrogens with zero attached hydrogens (tertiary/aromatic N) is 3. The number of aromatic nitrogens is 3. The van der Waals surface area contributed by atoms with Crippen LogP contribution in [0.3, 0.4) is 0 Å². The van der Waals surface area contributed by atoms with Crippen molar-refractivity contribution in [2.24, 2.45) is 0 Å². The first-order chi connectivity index (χ1) is 15.2. The molecule has 2 aromatic rings. The van der Waals surface area contributed by atoms with E-state index in [9.17, 15) is 24.0 Å². The Hall–Kier alpha value is -3.80. The third-order valence-corrected chi connectivity index (χ3v) is 4.50. The van der Waals surface area contributed by atoms with Crippen LogP contribution < -0.4 is 11.2 Å². The Morgan fingerprint density at radius 1 is 0.969 bits per heavy atom. The van der Waals surface area contributed by atoms with Crippen molar-refractivity contribution in [3.05, 3.63) is 57.5 Å². The standard InChI is InChI=1S/C20H21N3O9/c1-11(24)29-10-14-17(30-12(2)25)18(31-13(3)26)19(32-14)23-9-7-15(21-20(23)28)22-8-5-4-6-16(22)27/h4-9,14,17-19H,10H2,1-3H3/t14-,17-,18-,19-/m1/s1. The van der Waals surface area contributed by atoms with Gasteiger partial charge in [-0.05, 0) is 12.1 Å². The molecular weight excluding hydrogens is 426 g/mol. The lowest BCUT2D eigenvalue weighted by atomic mass is 10.1. The van der Waals surface area contributed by atoms with Gasteiger partial charge in [0.15, 0.2) is 18.4 Å². The van der Waals surface area contributed by atoms with Crippen LogP contribution in [0.25, 0.3) is 5.82 Å². The fourth-order valence-corrected chi connectivity index (χ4v) is 3.26. The van der Waals surface area contributed by atoms with Crippen molar-refractivity contribution in [1.82, 2.24) is 14.1 Å². The van der Waals surface area contributed by atoms with E-state index in [1.807, 2.05) is 0 Å². The van der Waals surface area contributed by atoms with E-state index in [2.05, 4.69) is 4.98 Å². The summed E-state index contributed by atoms with van der Waals surface area (Å²) in [5.74, 6) is -1.91. The van der Waals surface area contributed by atoms with E-state index >= 15 is 0 Å². The predicted octanol–water partition coefficient (Wildman–Crippen LogP) is -0.282. The zero-order valence-electron chi connectivity index (χ0n) is 17.5. The van der Waals surface area contributed by atoms with Crippen LogP contribution in [0.4, 0.5) is 0 Å². The SMILES string of the molecule is CC(=O)OC[C@H]1O[C@@H](n2ccc(-n3ccccc3=O)nc2=O)[C@H](OC(C)=O)[C@@H]1OC(C)=O. The summed E-state index contributed by atoms with van der Waals surface area (Å²) < 4.78 is 23.5. The molecule has 2 aromatic heterocycles. The van der Waals surface area contributed by atoms with E-state index < -0.39 is 48.1 Å². The minimum absolute atomic E-state index is 0.0758. The lowest BCUT2D eigenvalue weighted by molar-refractivity contribution is -0.166. The average molecular weight is 447 g/mol. The van der Waals surface area contributed by atoms with Gasteiger partial charge in [0.05, 0.1) is 0 Å².